The summed E-state index contributed by atoms with van der Waals surface area (Å²) in [5, 5.41) is 18.6. The minimum absolute atomic E-state index is 0.218. The number of aryl methyl sites for hydroxylation is 1. The van der Waals surface area contributed by atoms with Crippen LogP contribution in [0.25, 0.3) is 0 Å². The lowest BCUT2D eigenvalue weighted by molar-refractivity contribution is -0.759. The van der Waals surface area contributed by atoms with Crippen LogP contribution in [0.2, 0.25) is 0 Å². The number of imidazole rings is 1. The molecular formula is C13H18N6O2S. The second kappa shape index (κ2) is 6.82. The summed E-state index contributed by atoms with van der Waals surface area (Å²) >= 11 is 1.35. The minimum Gasteiger partial charge on any atom is -0.861 e. The topological polar surface area (TPSA) is 86.4 Å². The second-order valence-electron chi connectivity index (χ2n) is 5.09. The Balaban J connectivity index is 1.59. The summed E-state index contributed by atoms with van der Waals surface area (Å²) in [6, 6.07) is 0. The molecule has 22 heavy (non-hydrogen) atoms. The molecule has 0 amide bonds. The number of hydrogen-bond acceptors (Lipinski definition) is 7. The van der Waals surface area contributed by atoms with E-state index in [9.17, 15) is 5.11 Å². The van der Waals surface area contributed by atoms with Crippen LogP contribution in [0.5, 0.6) is 0 Å². The van der Waals surface area contributed by atoms with Gasteiger partial charge in [-0.25, -0.2) is 9.98 Å². The second-order valence-corrected chi connectivity index (χ2v) is 6.03. The Morgan fingerprint density at radius 1 is 1.45 bits per heavy atom. The number of nitrogens with zero attached hydrogens (tertiary/aromatic N) is 6. The molecule has 0 radical (unpaired) electrons. The van der Waals surface area contributed by atoms with Crippen molar-refractivity contribution in [1.29, 1.82) is 0 Å². The quantitative estimate of drug-likeness (QED) is 0.333. The number of aliphatic imine (C=N–C) groups is 1. The summed E-state index contributed by atoms with van der Waals surface area (Å²) < 4.78 is 6.96. The van der Waals surface area contributed by atoms with Crippen LogP contribution < -0.4 is 14.9 Å². The van der Waals surface area contributed by atoms with E-state index in [1.165, 1.54) is 18.2 Å². The predicted octanol–water partition coefficient (Wildman–Crippen LogP) is 0.0001000. The Labute approximate surface area is 132 Å². The van der Waals surface area contributed by atoms with Gasteiger partial charge >= 0.3 is 5.88 Å². The van der Waals surface area contributed by atoms with Crippen molar-refractivity contribution < 1.29 is 14.4 Å². The molecule has 118 valence electrons. The molecule has 9 heteroatoms. The monoisotopic (exact) mass is 322 g/mol. The summed E-state index contributed by atoms with van der Waals surface area (Å²) in [5.41, 5.74) is 0. The highest BCUT2D eigenvalue weighted by molar-refractivity contribution is 7.99. The minimum atomic E-state index is -0.269. The molecule has 1 aliphatic rings. The molecule has 0 unspecified atom stereocenters. The maximum atomic E-state index is 11.9. The number of thioether (sulfide) groups is 1. The van der Waals surface area contributed by atoms with Gasteiger partial charge in [-0.15, -0.1) is 0 Å². The molecule has 0 atom stereocenters. The zero-order chi connectivity index (χ0) is 15.4. The molecule has 2 aromatic heterocycles. The van der Waals surface area contributed by atoms with E-state index >= 15 is 0 Å². The molecule has 0 bridgehead atoms. The van der Waals surface area contributed by atoms with Crippen LogP contribution in [0, 0.1) is 0 Å². The molecule has 1 aliphatic heterocycles. The van der Waals surface area contributed by atoms with Gasteiger partial charge in [0.05, 0.1) is 17.9 Å². The van der Waals surface area contributed by atoms with Crippen molar-refractivity contribution in [3.63, 3.8) is 0 Å². The molecule has 2 aromatic rings. The van der Waals surface area contributed by atoms with Gasteiger partial charge in [-0.3, -0.25) is 4.52 Å². The number of aromatic nitrogens is 4. The van der Waals surface area contributed by atoms with Gasteiger partial charge in [0.2, 0.25) is 5.27 Å². The number of piperidine rings is 1. The summed E-state index contributed by atoms with van der Waals surface area (Å²) in [4.78, 5) is 9.71. The standard InChI is InChI=1S/C13H18N6O2S/c1-17-8-5-14-13(17)22-10-11(20)15-12-9-19(16-21-12)18-6-3-2-4-7-18/h5,8-9H,2-4,6-7,10H2,1H3. The zero-order valence-electron chi connectivity index (χ0n) is 12.4. The first kappa shape index (κ1) is 14.9. The molecule has 0 N–H and O–H groups in total. The largest absolute Gasteiger partial charge is 0.861 e. The van der Waals surface area contributed by atoms with Gasteiger partial charge in [-0.2, -0.15) is 5.01 Å². The van der Waals surface area contributed by atoms with E-state index in [4.69, 9.17) is 4.52 Å². The van der Waals surface area contributed by atoms with Crippen LogP contribution in [-0.2, 0) is 7.05 Å². The summed E-state index contributed by atoms with van der Waals surface area (Å²) in [5.74, 6) is 0.181. The van der Waals surface area contributed by atoms with Crippen molar-refractivity contribution in [3.8, 4) is 0 Å². The average Bonchev–Trinajstić information content (AvgIpc) is 3.15. The van der Waals surface area contributed by atoms with E-state index in [1.807, 2.05) is 17.8 Å². The molecule has 3 heterocycles. The highest BCUT2D eigenvalue weighted by atomic mass is 32.2. The van der Waals surface area contributed by atoms with Gasteiger partial charge in [0, 0.05) is 25.2 Å². The molecule has 0 aromatic carbocycles. The first-order chi connectivity index (χ1) is 10.7. The molecule has 0 aliphatic carbocycles. The molecule has 3 rings (SSSR count). The highest BCUT2D eigenvalue weighted by Gasteiger charge is 2.22. The van der Waals surface area contributed by atoms with Gasteiger partial charge in [0.15, 0.2) is 5.16 Å². The van der Waals surface area contributed by atoms with Crippen molar-refractivity contribution >= 4 is 23.5 Å². The third-order valence-electron chi connectivity index (χ3n) is 3.40. The van der Waals surface area contributed by atoms with Crippen molar-refractivity contribution in [2.75, 3.05) is 23.9 Å². The van der Waals surface area contributed by atoms with Crippen molar-refractivity contribution in [2.24, 2.45) is 12.0 Å². The molecule has 0 saturated carbocycles. The molecule has 1 fully saturated rings. The molecule has 0 spiro atoms. The maximum Gasteiger partial charge on any atom is 0.324 e. The molecule has 8 nitrogen and oxygen atoms in total. The van der Waals surface area contributed by atoms with E-state index in [1.54, 1.807) is 17.2 Å². The van der Waals surface area contributed by atoms with Gasteiger partial charge in [0.1, 0.15) is 0 Å². The predicted molar refractivity (Wildman–Crippen MR) is 79.5 cm³/mol. The lowest BCUT2D eigenvalue weighted by Crippen LogP contribution is -2.60. The Kier molecular flexibility index (Phi) is 4.62. The van der Waals surface area contributed by atoms with Crippen LogP contribution in [0.3, 0.4) is 0 Å². The number of rotatable bonds is 5. The Bertz CT molecular complexity index is 647. The van der Waals surface area contributed by atoms with E-state index in [-0.39, 0.29) is 17.5 Å². The van der Waals surface area contributed by atoms with Crippen LogP contribution in [0.4, 0.5) is 5.88 Å². The van der Waals surface area contributed by atoms with Gasteiger partial charge in [-0.05, 0) is 25.2 Å². The molecular weight excluding hydrogens is 304 g/mol. The van der Waals surface area contributed by atoms with E-state index < -0.39 is 0 Å². The van der Waals surface area contributed by atoms with E-state index in [0.717, 1.165) is 31.1 Å². The van der Waals surface area contributed by atoms with Crippen LogP contribution in [-0.4, -0.2) is 39.6 Å². The average molecular weight is 322 g/mol. The maximum absolute atomic E-state index is 11.9. The third-order valence-corrected chi connectivity index (χ3v) is 4.45. The van der Waals surface area contributed by atoms with Gasteiger partial charge < -0.3 is 9.67 Å². The lowest BCUT2D eigenvalue weighted by Gasteiger charge is -2.17. The normalized spacial score (nSPS) is 16.2. The summed E-state index contributed by atoms with van der Waals surface area (Å²) in [6.45, 7) is 1.89. The van der Waals surface area contributed by atoms with E-state index in [2.05, 4.69) is 20.3 Å². The SMILES string of the molecule is Cn1ccnc1SC/C([O-])=N\c1c[n+](N2CCCCC2)no1. The summed E-state index contributed by atoms with van der Waals surface area (Å²) in [7, 11) is 1.88. The van der Waals surface area contributed by atoms with Crippen molar-refractivity contribution in [1.82, 2.24) is 14.8 Å². The Morgan fingerprint density at radius 3 is 3.00 bits per heavy atom. The fraction of sp³-hybridized carbons (Fsp3) is 0.538. The van der Waals surface area contributed by atoms with Gasteiger partial charge in [0.25, 0.3) is 6.20 Å². The zero-order valence-corrected chi connectivity index (χ0v) is 13.2. The number of hydrogen-bond donors (Lipinski definition) is 0. The Hall–Kier alpha value is -2.03. The van der Waals surface area contributed by atoms with Crippen molar-refractivity contribution in [3.05, 3.63) is 18.6 Å². The van der Waals surface area contributed by atoms with Crippen molar-refractivity contribution in [2.45, 2.75) is 24.4 Å². The summed E-state index contributed by atoms with van der Waals surface area (Å²) in [6.07, 6.45) is 8.71. The van der Waals surface area contributed by atoms with Crippen LogP contribution in [0.1, 0.15) is 19.3 Å². The first-order valence-electron chi connectivity index (χ1n) is 7.21. The smallest absolute Gasteiger partial charge is 0.324 e. The third kappa shape index (κ3) is 3.59. The fourth-order valence-electron chi connectivity index (χ4n) is 2.27. The van der Waals surface area contributed by atoms with Crippen LogP contribution in [0.15, 0.2) is 33.3 Å². The van der Waals surface area contributed by atoms with Gasteiger partial charge in [-0.1, -0.05) is 11.8 Å². The molecule has 1 saturated heterocycles. The first-order valence-corrected chi connectivity index (χ1v) is 8.19. The fourth-order valence-corrected chi connectivity index (χ4v) is 2.98. The van der Waals surface area contributed by atoms with Crippen LogP contribution >= 0.6 is 11.8 Å². The van der Waals surface area contributed by atoms with E-state index in [0.29, 0.717) is 0 Å². The Morgan fingerprint density at radius 2 is 2.27 bits per heavy atom. The lowest BCUT2D eigenvalue weighted by atomic mass is 10.2. The highest BCUT2D eigenvalue weighted by Crippen LogP contribution is 2.15.